The lowest BCUT2D eigenvalue weighted by Gasteiger charge is -2.22. The Labute approximate surface area is 103 Å². The Morgan fingerprint density at radius 3 is 2.82 bits per heavy atom. The van der Waals surface area contributed by atoms with Gasteiger partial charge in [-0.25, -0.2) is 13.1 Å². The Kier molecular flexibility index (Phi) is 4.78. The number of hydrogen-bond acceptors (Lipinski definition) is 4. The Balaban J connectivity index is 1.72. The molecule has 2 N–H and O–H groups in total. The molecule has 2 fully saturated rings. The highest BCUT2D eigenvalue weighted by Gasteiger charge is 2.27. The highest BCUT2D eigenvalue weighted by molar-refractivity contribution is 7.90. The maximum Gasteiger partial charge on any atom is 0.216 e. The van der Waals surface area contributed by atoms with E-state index in [2.05, 4.69) is 10.0 Å². The van der Waals surface area contributed by atoms with Crippen LogP contribution < -0.4 is 10.0 Å². The zero-order valence-electron chi connectivity index (χ0n) is 10.2. The minimum atomic E-state index is -3.18. The third-order valence-corrected chi connectivity index (χ3v) is 5.37. The molecule has 0 aliphatic carbocycles. The number of sulfonamides is 1. The third-order valence-electron chi connectivity index (χ3n) is 3.52. The summed E-state index contributed by atoms with van der Waals surface area (Å²) in [6.45, 7) is 2.64. The molecule has 2 atom stereocenters. The van der Waals surface area contributed by atoms with Gasteiger partial charge in [-0.05, 0) is 38.6 Å². The lowest BCUT2D eigenvalue weighted by molar-refractivity contribution is 0.0988. The van der Waals surface area contributed by atoms with Crippen LogP contribution in [0.3, 0.4) is 0 Å². The standard InChI is InChI=1S/C11H22N2O3S/c14-17(15,11-4-2-8-16-9-11)13-7-5-10-3-1-6-12-10/h10-13H,1-9H2/t10-,11?/m1/s1. The summed E-state index contributed by atoms with van der Waals surface area (Å²) < 4.78 is 31.8. The summed E-state index contributed by atoms with van der Waals surface area (Å²) in [6, 6.07) is 0.486. The van der Waals surface area contributed by atoms with Crippen LogP contribution in [0.1, 0.15) is 32.1 Å². The molecule has 2 aliphatic heterocycles. The average molecular weight is 262 g/mol. The third kappa shape index (κ3) is 3.91. The molecule has 17 heavy (non-hydrogen) atoms. The Bertz CT molecular complexity index is 320. The van der Waals surface area contributed by atoms with Gasteiger partial charge in [-0.3, -0.25) is 0 Å². The molecule has 2 saturated heterocycles. The molecule has 5 nitrogen and oxygen atoms in total. The molecule has 2 rings (SSSR count). The van der Waals surface area contributed by atoms with Crippen LogP contribution in [-0.4, -0.2) is 46.0 Å². The lowest BCUT2D eigenvalue weighted by atomic mass is 10.2. The highest BCUT2D eigenvalue weighted by Crippen LogP contribution is 2.14. The van der Waals surface area contributed by atoms with Crippen molar-refractivity contribution in [3.8, 4) is 0 Å². The van der Waals surface area contributed by atoms with Gasteiger partial charge in [0.05, 0.1) is 11.9 Å². The van der Waals surface area contributed by atoms with E-state index in [9.17, 15) is 8.42 Å². The van der Waals surface area contributed by atoms with Gasteiger partial charge in [-0.1, -0.05) is 0 Å². The monoisotopic (exact) mass is 262 g/mol. The quantitative estimate of drug-likeness (QED) is 0.744. The number of ether oxygens (including phenoxy) is 1. The first-order valence-corrected chi connectivity index (χ1v) is 8.03. The van der Waals surface area contributed by atoms with Crippen LogP contribution >= 0.6 is 0 Å². The van der Waals surface area contributed by atoms with Gasteiger partial charge in [0.15, 0.2) is 0 Å². The van der Waals surface area contributed by atoms with Gasteiger partial charge < -0.3 is 10.1 Å². The van der Waals surface area contributed by atoms with Gasteiger partial charge in [0.2, 0.25) is 10.0 Å². The molecule has 0 spiro atoms. The second-order valence-electron chi connectivity index (χ2n) is 4.86. The maximum absolute atomic E-state index is 11.9. The molecule has 2 aliphatic rings. The van der Waals surface area contributed by atoms with E-state index < -0.39 is 10.0 Å². The van der Waals surface area contributed by atoms with Crippen molar-refractivity contribution in [1.29, 1.82) is 0 Å². The van der Waals surface area contributed by atoms with E-state index in [0.717, 1.165) is 32.2 Å². The van der Waals surface area contributed by atoms with Crippen molar-refractivity contribution < 1.29 is 13.2 Å². The minimum Gasteiger partial charge on any atom is -0.380 e. The average Bonchev–Trinajstić information content (AvgIpc) is 2.83. The van der Waals surface area contributed by atoms with Crippen LogP contribution in [0.5, 0.6) is 0 Å². The first kappa shape index (κ1) is 13.3. The van der Waals surface area contributed by atoms with Crippen molar-refractivity contribution in [1.82, 2.24) is 10.0 Å². The Hall–Kier alpha value is -0.170. The molecule has 6 heteroatoms. The first-order chi connectivity index (χ1) is 8.18. The Morgan fingerprint density at radius 2 is 2.18 bits per heavy atom. The van der Waals surface area contributed by atoms with Crippen molar-refractivity contribution in [3.63, 3.8) is 0 Å². The molecular weight excluding hydrogens is 240 g/mol. The molecular formula is C11H22N2O3S. The summed E-state index contributed by atoms with van der Waals surface area (Å²) in [5, 5.41) is 3.01. The number of rotatable bonds is 5. The van der Waals surface area contributed by atoms with Crippen LogP contribution in [0.2, 0.25) is 0 Å². The van der Waals surface area contributed by atoms with E-state index in [1.807, 2.05) is 0 Å². The van der Waals surface area contributed by atoms with Crippen LogP contribution in [0, 0.1) is 0 Å². The smallest absolute Gasteiger partial charge is 0.216 e. The van der Waals surface area contributed by atoms with Gasteiger partial charge in [-0.15, -0.1) is 0 Å². The van der Waals surface area contributed by atoms with Crippen molar-refractivity contribution >= 4 is 10.0 Å². The molecule has 0 saturated carbocycles. The molecule has 0 amide bonds. The second-order valence-corrected chi connectivity index (χ2v) is 6.91. The summed E-state index contributed by atoms with van der Waals surface area (Å²) in [4.78, 5) is 0. The normalized spacial score (nSPS) is 30.6. The summed E-state index contributed by atoms with van der Waals surface area (Å²) in [5.74, 6) is 0. The van der Waals surface area contributed by atoms with Gasteiger partial charge in [0, 0.05) is 19.2 Å². The zero-order valence-corrected chi connectivity index (χ0v) is 11.0. The predicted octanol–water partition coefficient (Wildman–Crippen LogP) is 0.227. The predicted molar refractivity (Wildman–Crippen MR) is 66.4 cm³/mol. The summed E-state index contributed by atoms with van der Waals surface area (Å²) >= 11 is 0. The van der Waals surface area contributed by atoms with E-state index in [0.29, 0.717) is 25.8 Å². The minimum absolute atomic E-state index is 0.344. The van der Waals surface area contributed by atoms with E-state index in [-0.39, 0.29) is 5.25 Å². The van der Waals surface area contributed by atoms with Crippen molar-refractivity contribution in [3.05, 3.63) is 0 Å². The van der Waals surface area contributed by atoms with Crippen molar-refractivity contribution in [2.45, 2.75) is 43.4 Å². The fourth-order valence-electron chi connectivity index (χ4n) is 2.45. The Morgan fingerprint density at radius 1 is 1.29 bits per heavy atom. The van der Waals surface area contributed by atoms with Crippen molar-refractivity contribution in [2.24, 2.45) is 0 Å². The molecule has 2 heterocycles. The van der Waals surface area contributed by atoms with Crippen LogP contribution in [0.25, 0.3) is 0 Å². The van der Waals surface area contributed by atoms with E-state index in [1.54, 1.807) is 0 Å². The highest BCUT2D eigenvalue weighted by atomic mass is 32.2. The van der Waals surface area contributed by atoms with E-state index in [4.69, 9.17) is 4.74 Å². The molecule has 0 bridgehead atoms. The van der Waals surface area contributed by atoms with Crippen molar-refractivity contribution in [2.75, 3.05) is 26.3 Å². The lowest BCUT2D eigenvalue weighted by Crippen LogP contribution is -2.40. The maximum atomic E-state index is 11.9. The van der Waals surface area contributed by atoms with Gasteiger partial charge in [0.1, 0.15) is 0 Å². The summed E-state index contributed by atoms with van der Waals surface area (Å²) in [6.07, 6.45) is 4.81. The van der Waals surface area contributed by atoms with Crippen LogP contribution in [-0.2, 0) is 14.8 Å². The second kappa shape index (κ2) is 6.13. The van der Waals surface area contributed by atoms with Gasteiger partial charge in [-0.2, -0.15) is 0 Å². The van der Waals surface area contributed by atoms with Crippen LogP contribution in [0.15, 0.2) is 0 Å². The van der Waals surface area contributed by atoms with Gasteiger partial charge in [0.25, 0.3) is 0 Å². The first-order valence-electron chi connectivity index (χ1n) is 6.48. The number of nitrogens with one attached hydrogen (secondary N) is 2. The SMILES string of the molecule is O=S(=O)(NCC[C@H]1CCCN1)C1CCCOC1. The summed E-state index contributed by atoms with van der Waals surface area (Å²) in [5.41, 5.74) is 0. The summed E-state index contributed by atoms with van der Waals surface area (Å²) in [7, 11) is -3.18. The molecule has 0 aromatic rings. The van der Waals surface area contributed by atoms with Gasteiger partial charge >= 0.3 is 0 Å². The van der Waals surface area contributed by atoms with Crippen LogP contribution in [0.4, 0.5) is 0 Å². The molecule has 0 aromatic carbocycles. The fraction of sp³-hybridized carbons (Fsp3) is 1.00. The largest absolute Gasteiger partial charge is 0.380 e. The molecule has 1 unspecified atom stereocenters. The van der Waals surface area contributed by atoms with E-state index >= 15 is 0 Å². The zero-order chi connectivity index (χ0) is 12.1. The van der Waals surface area contributed by atoms with E-state index in [1.165, 1.54) is 6.42 Å². The molecule has 100 valence electrons. The molecule has 0 aromatic heterocycles. The topological polar surface area (TPSA) is 67.4 Å². The molecule has 0 radical (unpaired) electrons. The number of hydrogen-bond donors (Lipinski definition) is 2. The fourth-order valence-corrected chi connectivity index (χ4v) is 3.84.